The molecule has 1 aliphatic rings. The summed E-state index contributed by atoms with van der Waals surface area (Å²) in [7, 11) is 4.03. The number of halogens is 1. The number of nitrogens with one attached hydrogen (secondary N) is 4. The number of likely N-dealkylation sites (N-methyl/N-ethyl adjacent to an activating group) is 1. The Kier molecular flexibility index (Phi) is 8.23. The van der Waals surface area contributed by atoms with Gasteiger partial charge in [0.05, 0.1) is 28.4 Å². The SMILES string of the molecule is CN(C)CCNc1cc(F)cc(-c2cccc3[nH]c(-c4n[nH]c5cnc(-c6cncc(CNCC7CCCC7)c6)cc45)nc23)c1. The second-order valence-corrected chi connectivity index (χ2v) is 12.3. The molecule has 0 radical (unpaired) electrons. The average Bonchev–Trinajstić information content (AvgIpc) is 3.80. The Morgan fingerprint density at radius 3 is 2.73 bits per heavy atom. The molecule has 0 aliphatic heterocycles. The Labute approximate surface area is 261 Å². The first kappa shape index (κ1) is 29.1. The monoisotopic (exact) mass is 603 g/mol. The third kappa shape index (κ3) is 6.43. The minimum atomic E-state index is -0.297. The van der Waals surface area contributed by atoms with Crippen molar-refractivity contribution in [2.24, 2.45) is 5.92 Å². The lowest BCUT2D eigenvalue weighted by molar-refractivity contribution is 0.425. The van der Waals surface area contributed by atoms with Crippen LogP contribution in [0.15, 0.2) is 67.1 Å². The first-order valence-electron chi connectivity index (χ1n) is 15.7. The van der Waals surface area contributed by atoms with E-state index in [-0.39, 0.29) is 5.82 Å². The van der Waals surface area contributed by atoms with Crippen LogP contribution in [0, 0.1) is 11.7 Å². The minimum absolute atomic E-state index is 0.297. The van der Waals surface area contributed by atoms with E-state index in [9.17, 15) is 4.39 Å². The summed E-state index contributed by atoms with van der Waals surface area (Å²) in [4.78, 5) is 19.7. The lowest BCUT2D eigenvalue weighted by Crippen LogP contribution is -2.20. The Bertz CT molecular complexity index is 1940. The first-order chi connectivity index (χ1) is 22.0. The molecule has 2 aromatic carbocycles. The summed E-state index contributed by atoms with van der Waals surface area (Å²) in [5.41, 5.74) is 8.37. The number of anilines is 1. The Balaban J connectivity index is 1.17. The van der Waals surface area contributed by atoms with E-state index in [0.717, 1.165) is 81.1 Å². The maximum atomic E-state index is 14.7. The van der Waals surface area contributed by atoms with Crippen LogP contribution in [0.3, 0.4) is 0 Å². The summed E-state index contributed by atoms with van der Waals surface area (Å²) < 4.78 is 14.7. The van der Waals surface area contributed by atoms with Crippen molar-refractivity contribution >= 4 is 27.6 Å². The molecule has 7 rings (SSSR count). The van der Waals surface area contributed by atoms with E-state index in [4.69, 9.17) is 9.97 Å². The predicted molar refractivity (Wildman–Crippen MR) is 178 cm³/mol. The highest BCUT2D eigenvalue weighted by molar-refractivity contribution is 5.98. The number of H-pyrrole nitrogens is 2. The molecule has 0 atom stereocenters. The molecular formula is C35H38FN9. The Morgan fingerprint density at radius 2 is 1.87 bits per heavy atom. The molecule has 0 bridgehead atoms. The van der Waals surface area contributed by atoms with Crippen LogP contribution in [0.5, 0.6) is 0 Å². The average molecular weight is 604 g/mol. The van der Waals surface area contributed by atoms with Crippen molar-refractivity contribution in [2.75, 3.05) is 39.0 Å². The highest BCUT2D eigenvalue weighted by atomic mass is 19.1. The van der Waals surface area contributed by atoms with Crippen LogP contribution in [0.25, 0.3) is 55.8 Å². The molecule has 10 heteroatoms. The zero-order valence-electron chi connectivity index (χ0n) is 25.7. The third-order valence-electron chi connectivity index (χ3n) is 8.61. The van der Waals surface area contributed by atoms with E-state index < -0.39 is 0 Å². The van der Waals surface area contributed by atoms with Crippen molar-refractivity contribution in [3.63, 3.8) is 0 Å². The maximum absolute atomic E-state index is 14.7. The van der Waals surface area contributed by atoms with E-state index in [0.29, 0.717) is 18.1 Å². The fourth-order valence-corrected chi connectivity index (χ4v) is 6.26. The number of fused-ring (bicyclic) bond motifs is 2. The highest BCUT2D eigenvalue weighted by Crippen LogP contribution is 2.34. The van der Waals surface area contributed by atoms with Gasteiger partial charge in [-0.05, 0) is 86.9 Å². The molecule has 0 spiro atoms. The molecule has 6 aromatic rings. The number of nitrogens with zero attached hydrogens (tertiary/aromatic N) is 5. The van der Waals surface area contributed by atoms with Gasteiger partial charge in [0, 0.05) is 54.2 Å². The molecule has 4 heterocycles. The Morgan fingerprint density at radius 1 is 0.978 bits per heavy atom. The first-order valence-corrected chi connectivity index (χ1v) is 15.7. The van der Waals surface area contributed by atoms with Crippen LogP contribution in [0.2, 0.25) is 0 Å². The number of rotatable bonds is 11. The summed E-state index contributed by atoms with van der Waals surface area (Å²) >= 11 is 0. The number of para-hydroxylation sites is 1. The van der Waals surface area contributed by atoms with E-state index >= 15 is 0 Å². The second kappa shape index (κ2) is 12.7. The van der Waals surface area contributed by atoms with E-state index in [1.807, 2.05) is 56.8 Å². The summed E-state index contributed by atoms with van der Waals surface area (Å²) in [6.45, 7) is 3.41. The normalized spacial score (nSPS) is 13.9. The lowest BCUT2D eigenvalue weighted by Gasteiger charge is -2.13. The number of imidazole rings is 1. The second-order valence-electron chi connectivity index (χ2n) is 12.3. The van der Waals surface area contributed by atoms with Gasteiger partial charge in [-0.2, -0.15) is 5.10 Å². The van der Waals surface area contributed by atoms with Gasteiger partial charge in [0.2, 0.25) is 0 Å². The van der Waals surface area contributed by atoms with Crippen molar-refractivity contribution in [1.82, 2.24) is 40.3 Å². The fourth-order valence-electron chi connectivity index (χ4n) is 6.26. The summed E-state index contributed by atoms with van der Waals surface area (Å²) in [6.07, 6.45) is 10.9. The molecular weight excluding hydrogens is 565 g/mol. The van der Waals surface area contributed by atoms with E-state index in [2.05, 4.69) is 41.8 Å². The number of aromatic nitrogens is 6. The van der Waals surface area contributed by atoms with Gasteiger partial charge in [-0.1, -0.05) is 25.0 Å². The van der Waals surface area contributed by atoms with Crippen LogP contribution < -0.4 is 10.6 Å². The van der Waals surface area contributed by atoms with Gasteiger partial charge in [-0.3, -0.25) is 15.1 Å². The number of hydrogen-bond acceptors (Lipinski definition) is 7. The van der Waals surface area contributed by atoms with Crippen LogP contribution in [-0.2, 0) is 6.54 Å². The fraction of sp³-hybridized carbons (Fsp3) is 0.314. The van der Waals surface area contributed by atoms with Gasteiger partial charge in [0.25, 0.3) is 0 Å². The van der Waals surface area contributed by atoms with Crippen LogP contribution in [0.4, 0.5) is 10.1 Å². The highest BCUT2D eigenvalue weighted by Gasteiger charge is 2.18. The number of benzene rings is 2. The van der Waals surface area contributed by atoms with Crippen molar-refractivity contribution in [2.45, 2.75) is 32.2 Å². The molecule has 4 aromatic heterocycles. The topological polar surface area (TPSA) is 110 Å². The minimum Gasteiger partial charge on any atom is -0.384 e. The largest absolute Gasteiger partial charge is 0.384 e. The number of hydrogen-bond donors (Lipinski definition) is 4. The van der Waals surface area contributed by atoms with Crippen molar-refractivity contribution < 1.29 is 4.39 Å². The molecule has 1 fully saturated rings. The van der Waals surface area contributed by atoms with Crippen LogP contribution in [0.1, 0.15) is 31.2 Å². The van der Waals surface area contributed by atoms with E-state index in [1.54, 1.807) is 12.3 Å². The van der Waals surface area contributed by atoms with Crippen LogP contribution >= 0.6 is 0 Å². The molecule has 230 valence electrons. The standard InChI is InChI=1S/C35H38FN9/c1-45(2)11-10-39-27-14-24(13-26(36)15-27)28-8-5-9-30-33(28)42-35(41-30)34-29-16-31(40-21-32(29)43-44-34)25-12-23(19-38-20-25)18-37-17-22-6-3-4-7-22/h5,8-9,12-16,19-22,37,39H,3-4,6-7,10-11,17-18H2,1-2H3,(H,41,42)(H,43,44). The number of aromatic amines is 2. The lowest BCUT2D eigenvalue weighted by atomic mass is 10.0. The maximum Gasteiger partial charge on any atom is 0.159 e. The quantitative estimate of drug-likeness (QED) is 0.132. The van der Waals surface area contributed by atoms with Crippen molar-refractivity contribution in [1.29, 1.82) is 0 Å². The molecule has 0 unspecified atom stereocenters. The number of pyridine rings is 2. The van der Waals surface area contributed by atoms with Gasteiger partial charge >= 0.3 is 0 Å². The molecule has 45 heavy (non-hydrogen) atoms. The van der Waals surface area contributed by atoms with Crippen molar-refractivity contribution in [3.05, 3.63) is 78.5 Å². The summed E-state index contributed by atoms with van der Waals surface area (Å²) in [6, 6.07) is 15.1. The predicted octanol–water partition coefficient (Wildman–Crippen LogP) is 6.62. The van der Waals surface area contributed by atoms with Gasteiger partial charge < -0.3 is 20.5 Å². The smallest absolute Gasteiger partial charge is 0.159 e. The van der Waals surface area contributed by atoms with Gasteiger partial charge in [0.15, 0.2) is 5.82 Å². The summed E-state index contributed by atoms with van der Waals surface area (Å²) in [5.74, 6) is 1.12. The van der Waals surface area contributed by atoms with Gasteiger partial charge in [0.1, 0.15) is 11.5 Å². The summed E-state index contributed by atoms with van der Waals surface area (Å²) in [5, 5.41) is 15.6. The molecule has 4 N–H and O–H groups in total. The molecule has 1 saturated carbocycles. The molecule has 9 nitrogen and oxygen atoms in total. The van der Waals surface area contributed by atoms with Gasteiger partial charge in [-0.15, -0.1) is 0 Å². The Hall–Kier alpha value is -4.67. The van der Waals surface area contributed by atoms with Gasteiger partial charge in [-0.25, -0.2) is 9.37 Å². The molecule has 1 aliphatic carbocycles. The van der Waals surface area contributed by atoms with Crippen LogP contribution in [-0.4, -0.2) is 68.8 Å². The van der Waals surface area contributed by atoms with Crippen molar-refractivity contribution in [3.8, 4) is 33.9 Å². The zero-order chi connectivity index (χ0) is 30.8. The molecule has 0 saturated heterocycles. The third-order valence-corrected chi connectivity index (χ3v) is 8.61. The van der Waals surface area contributed by atoms with E-state index in [1.165, 1.54) is 31.7 Å². The molecule has 0 amide bonds. The zero-order valence-corrected chi connectivity index (χ0v) is 25.7.